The van der Waals surface area contributed by atoms with Gasteiger partial charge in [0.1, 0.15) is 11.6 Å². The molecule has 0 radical (unpaired) electrons. The zero-order valence-corrected chi connectivity index (χ0v) is 23.7. The Bertz CT molecular complexity index is 1250. The minimum Gasteiger partial charge on any atom is -0.444 e. The number of likely N-dealkylation sites (tertiary alicyclic amines) is 2. The van der Waals surface area contributed by atoms with Crippen LogP contribution in [0.5, 0.6) is 0 Å². The van der Waals surface area contributed by atoms with Gasteiger partial charge in [-0.15, -0.1) is 0 Å². The number of carbonyl (C=O) groups is 3. The molecule has 39 heavy (non-hydrogen) atoms. The van der Waals surface area contributed by atoms with Gasteiger partial charge in [-0.3, -0.25) is 9.59 Å². The average molecular weight is 536 g/mol. The smallest absolute Gasteiger partial charge is 0.407 e. The van der Waals surface area contributed by atoms with Crippen molar-refractivity contribution in [1.82, 2.24) is 19.7 Å². The van der Waals surface area contributed by atoms with Crippen molar-refractivity contribution in [3.8, 4) is 6.07 Å². The maximum absolute atomic E-state index is 13.7. The van der Waals surface area contributed by atoms with Gasteiger partial charge in [0, 0.05) is 49.9 Å². The number of alkyl carbamates (subject to hydrolysis) is 1. The molecule has 3 amide bonds. The maximum Gasteiger partial charge on any atom is 0.407 e. The Morgan fingerprint density at radius 1 is 1.10 bits per heavy atom. The monoisotopic (exact) mass is 535 g/mol. The van der Waals surface area contributed by atoms with Crippen molar-refractivity contribution in [3.63, 3.8) is 0 Å². The van der Waals surface area contributed by atoms with E-state index in [1.54, 1.807) is 25.7 Å². The van der Waals surface area contributed by atoms with Crippen LogP contribution < -0.4 is 5.32 Å². The highest BCUT2D eigenvalue weighted by Crippen LogP contribution is 2.29. The molecular weight excluding hydrogens is 494 g/mol. The van der Waals surface area contributed by atoms with Crippen LogP contribution in [0.25, 0.3) is 10.9 Å². The van der Waals surface area contributed by atoms with Gasteiger partial charge in [0.15, 0.2) is 0 Å². The predicted octanol–water partition coefficient (Wildman–Crippen LogP) is 4.36. The minimum atomic E-state index is -0.596. The van der Waals surface area contributed by atoms with Gasteiger partial charge in [-0.1, -0.05) is 6.07 Å². The van der Waals surface area contributed by atoms with Crippen LogP contribution in [0, 0.1) is 11.3 Å². The standard InChI is InChI=1S/C30H41N5O4/c1-5-33-24(19-22-11-10-21(20-31)18-26(22)33)13-12-23-8-6-16-34(23)28(37)25-9-7-17-35(25)27(36)14-15-32-29(38)39-30(2,3)4/h10-11,18-19,23,25H,5-9,12-17H2,1-4H3,(H,32,38)/t23-,25+/m0/s1. The van der Waals surface area contributed by atoms with Crippen LogP contribution in [0.4, 0.5) is 4.79 Å². The topological polar surface area (TPSA) is 108 Å². The number of aromatic nitrogens is 1. The first-order valence-corrected chi connectivity index (χ1v) is 14.2. The van der Waals surface area contributed by atoms with E-state index in [9.17, 15) is 19.6 Å². The van der Waals surface area contributed by atoms with Crippen molar-refractivity contribution in [1.29, 1.82) is 5.26 Å². The third kappa shape index (κ3) is 6.73. The summed E-state index contributed by atoms with van der Waals surface area (Å²) in [5, 5.41) is 13.1. The van der Waals surface area contributed by atoms with Crippen molar-refractivity contribution < 1.29 is 19.1 Å². The molecule has 3 heterocycles. The van der Waals surface area contributed by atoms with Gasteiger partial charge < -0.3 is 24.4 Å². The van der Waals surface area contributed by atoms with Crippen molar-refractivity contribution in [2.24, 2.45) is 0 Å². The molecule has 9 heteroatoms. The summed E-state index contributed by atoms with van der Waals surface area (Å²) in [6, 6.07) is 9.96. The largest absolute Gasteiger partial charge is 0.444 e. The quantitative estimate of drug-likeness (QED) is 0.540. The lowest BCUT2D eigenvalue weighted by atomic mass is 10.1. The van der Waals surface area contributed by atoms with Crippen LogP contribution in [-0.4, -0.2) is 69.6 Å². The fourth-order valence-corrected chi connectivity index (χ4v) is 5.94. The molecule has 2 saturated heterocycles. The van der Waals surface area contributed by atoms with E-state index >= 15 is 0 Å². The summed E-state index contributed by atoms with van der Waals surface area (Å²) in [6.07, 6.45) is 4.74. The molecule has 2 aromatic rings. The molecule has 0 saturated carbocycles. The lowest BCUT2D eigenvalue weighted by molar-refractivity contribution is -0.144. The molecule has 2 aliphatic rings. The Kier molecular flexibility index (Phi) is 8.83. The van der Waals surface area contributed by atoms with Crippen LogP contribution in [0.1, 0.15) is 77.5 Å². The average Bonchev–Trinajstić information content (AvgIpc) is 3.63. The molecular formula is C30H41N5O4. The number of fused-ring (bicyclic) bond motifs is 1. The van der Waals surface area contributed by atoms with Gasteiger partial charge in [0.2, 0.25) is 11.8 Å². The minimum absolute atomic E-state index is 0.0538. The molecule has 4 rings (SSSR count). The van der Waals surface area contributed by atoms with Crippen LogP contribution in [0.3, 0.4) is 0 Å². The molecule has 1 aromatic heterocycles. The summed E-state index contributed by atoms with van der Waals surface area (Å²) in [5.41, 5.74) is 2.36. The fourth-order valence-electron chi connectivity index (χ4n) is 5.94. The first kappa shape index (κ1) is 28.5. The highest BCUT2D eigenvalue weighted by atomic mass is 16.6. The summed E-state index contributed by atoms with van der Waals surface area (Å²) in [5.74, 6) is -0.0556. The molecule has 0 bridgehead atoms. The number of rotatable bonds is 8. The van der Waals surface area contributed by atoms with Crippen molar-refractivity contribution >= 4 is 28.8 Å². The van der Waals surface area contributed by atoms with Crippen molar-refractivity contribution in [2.75, 3.05) is 19.6 Å². The molecule has 2 fully saturated rings. The summed E-state index contributed by atoms with van der Waals surface area (Å²) >= 11 is 0. The predicted molar refractivity (Wildman–Crippen MR) is 149 cm³/mol. The third-order valence-electron chi connectivity index (χ3n) is 7.69. The van der Waals surface area contributed by atoms with Gasteiger partial charge in [-0.2, -0.15) is 5.26 Å². The third-order valence-corrected chi connectivity index (χ3v) is 7.69. The molecule has 1 N–H and O–H groups in total. The van der Waals surface area contributed by atoms with Crippen LogP contribution >= 0.6 is 0 Å². The first-order valence-electron chi connectivity index (χ1n) is 14.2. The van der Waals surface area contributed by atoms with Crippen LogP contribution in [0.2, 0.25) is 0 Å². The summed E-state index contributed by atoms with van der Waals surface area (Å²) < 4.78 is 7.49. The zero-order chi connectivity index (χ0) is 28.2. The molecule has 9 nitrogen and oxygen atoms in total. The van der Waals surface area contributed by atoms with E-state index in [0.717, 1.165) is 56.1 Å². The summed E-state index contributed by atoms with van der Waals surface area (Å²) in [7, 11) is 0. The number of benzene rings is 1. The molecule has 0 aliphatic carbocycles. The zero-order valence-electron chi connectivity index (χ0n) is 23.7. The van der Waals surface area contributed by atoms with E-state index in [2.05, 4.69) is 28.9 Å². The molecule has 1 aromatic carbocycles. The van der Waals surface area contributed by atoms with E-state index in [-0.39, 0.29) is 30.8 Å². The van der Waals surface area contributed by atoms with E-state index in [1.807, 2.05) is 23.1 Å². The second kappa shape index (κ2) is 12.1. The number of nitrogens with zero attached hydrogens (tertiary/aromatic N) is 4. The van der Waals surface area contributed by atoms with Crippen molar-refractivity contribution in [2.45, 2.75) is 96.9 Å². The fraction of sp³-hybridized carbons (Fsp3) is 0.600. The second-order valence-corrected chi connectivity index (χ2v) is 11.6. The Morgan fingerprint density at radius 2 is 1.85 bits per heavy atom. The lowest BCUT2D eigenvalue weighted by Crippen LogP contribution is -2.49. The Morgan fingerprint density at radius 3 is 2.56 bits per heavy atom. The molecule has 2 atom stereocenters. The van der Waals surface area contributed by atoms with Crippen molar-refractivity contribution in [3.05, 3.63) is 35.5 Å². The molecule has 2 aliphatic heterocycles. The summed E-state index contributed by atoms with van der Waals surface area (Å²) in [4.78, 5) is 42.2. The van der Waals surface area contributed by atoms with E-state index < -0.39 is 17.7 Å². The number of nitrogens with one attached hydrogen (secondary N) is 1. The molecule has 0 spiro atoms. The van der Waals surface area contributed by atoms with Gasteiger partial charge in [-0.25, -0.2) is 4.79 Å². The summed E-state index contributed by atoms with van der Waals surface area (Å²) in [6.45, 7) is 9.78. The number of nitriles is 1. The second-order valence-electron chi connectivity index (χ2n) is 11.6. The molecule has 0 unspecified atom stereocenters. The van der Waals surface area contributed by atoms with Gasteiger partial charge >= 0.3 is 6.09 Å². The van der Waals surface area contributed by atoms with Gasteiger partial charge in [0.25, 0.3) is 0 Å². The van der Waals surface area contributed by atoms with Gasteiger partial charge in [-0.05, 0) is 89.8 Å². The Balaban J connectivity index is 1.35. The number of aryl methyl sites for hydroxylation is 2. The van der Waals surface area contributed by atoms with Gasteiger partial charge in [0.05, 0.1) is 11.6 Å². The molecule has 210 valence electrons. The Hall–Kier alpha value is -3.54. The van der Waals surface area contributed by atoms with E-state index in [4.69, 9.17) is 4.74 Å². The SMILES string of the molecule is CCn1c(CC[C@@H]2CCCN2C(=O)[C@H]2CCCN2C(=O)CCNC(=O)OC(C)(C)C)cc2ccc(C#N)cc21. The number of ether oxygens (including phenoxy) is 1. The van der Waals surface area contributed by atoms with Crippen LogP contribution in [0.15, 0.2) is 24.3 Å². The van der Waals surface area contributed by atoms with Crippen LogP contribution in [-0.2, 0) is 27.3 Å². The van der Waals surface area contributed by atoms with E-state index in [0.29, 0.717) is 18.5 Å². The highest BCUT2D eigenvalue weighted by Gasteiger charge is 2.39. The maximum atomic E-state index is 13.7. The number of hydrogen-bond acceptors (Lipinski definition) is 5. The lowest BCUT2D eigenvalue weighted by Gasteiger charge is -2.31. The number of hydrogen-bond donors (Lipinski definition) is 1. The normalized spacial score (nSPS) is 19.4. The Labute approximate surface area is 231 Å². The number of amides is 3. The number of carbonyl (C=O) groups excluding carboxylic acids is 3. The van der Waals surface area contributed by atoms with E-state index in [1.165, 1.54) is 5.69 Å². The first-order chi connectivity index (χ1) is 18.6. The highest BCUT2D eigenvalue weighted by molar-refractivity contribution is 5.89.